The lowest BCUT2D eigenvalue weighted by molar-refractivity contribution is 0.154. The fourth-order valence-electron chi connectivity index (χ4n) is 3.22. The van der Waals surface area contributed by atoms with Crippen molar-refractivity contribution in [3.05, 3.63) is 17.6 Å². The van der Waals surface area contributed by atoms with E-state index in [4.69, 9.17) is 4.74 Å². The molecule has 116 valence electrons. The quantitative estimate of drug-likeness (QED) is 0.919. The van der Waals surface area contributed by atoms with Crippen LogP contribution in [0.2, 0.25) is 0 Å². The van der Waals surface area contributed by atoms with E-state index < -0.39 is 0 Å². The highest BCUT2D eigenvalue weighted by atomic mass is 16.5. The minimum Gasteiger partial charge on any atom is -0.381 e. The van der Waals surface area contributed by atoms with Gasteiger partial charge in [-0.3, -0.25) is 4.98 Å². The van der Waals surface area contributed by atoms with Crippen molar-refractivity contribution in [2.24, 2.45) is 5.92 Å². The van der Waals surface area contributed by atoms with E-state index in [1.807, 2.05) is 20.0 Å². The normalized spacial score (nSPS) is 24.4. The Kier molecular flexibility index (Phi) is 4.70. The molecule has 0 radical (unpaired) electrons. The van der Waals surface area contributed by atoms with Crippen LogP contribution in [0.5, 0.6) is 0 Å². The van der Waals surface area contributed by atoms with E-state index in [9.17, 15) is 0 Å². The maximum Gasteiger partial charge on any atom is 0.147 e. The predicted octanol–water partition coefficient (Wildman–Crippen LogP) is 2.01. The number of rotatable bonds is 4. The molecular formula is C16H26N4O. The summed E-state index contributed by atoms with van der Waals surface area (Å²) < 4.78 is 5.47. The molecule has 0 spiro atoms. The molecule has 2 aliphatic heterocycles. The molecule has 3 rings (SSSR count). The maximum absolute atomic E-state index is 5.47. The average molecular weight is 290 g/mol. The third-order valence-corrected chi connectivity index (χ3v) is 4.54. The molecule has 2 saturated heterocycles. The number of anilines is 1. The highest BCUT2D eigenvalue weighted by Gasteiger charge is 2.24. The molecule has 2 fully saturated rings. The summed E-state index contributed by atoms with van der Waals surface area (Å²) in [5, 5.41) is 3.58. The molecule has 1 aromatic rings. The Morgan fingerprint density at radius 1 is 1.29 bits per heavy atom. The molecule has 2 aliphatic rings. The summed E-state index contributed by atoms with van der Waals surface area (Å²) in [6.07, 6.45) is 5.42. The molecule has 3 heterocycles. The Labute approximate surface area is 127 Å². The van der Waals surface area contributed by atoms with Gasteiger partial charge in [-0.2, -0.15) is 0 Å². The molecule has 1 N–H and O–H groups in total. The molecule has 1 aromatic heterocycles. The third kappa shape index (κ3) is 3.92. The third-order valence-electron chi connectivity index (χ3n) is 4.54. The summed E-state index contributed by atoms with van der Waals surface area (Å²) in [6.45, 7) is 9.47. The van der Waals surface area contributed by atoms with Crippen molar-refractivity contribution in [2.75, 3.05) is 38.2 Å². The molecule has 0 amide bonds. The lowest BCUT2D eigenvalue weighted by Crippen LogP contribution is -2.41. The van der Waals surface area contributed by atoms with Gasteiger partial charge in [0.1, 0.15) is 5.82 Å². The fraction of sp³-hybridized carbons (Fsp3) is 0.750. The maximum atomic E-state index is 5.47. The van der Waals surface area contributed by atoms with E-state index in [2.05, 4.69) is 20.2 Å². The summed E-state index contributed by atoms with van der Waals surface area (Å²) in [7, 11) is 0. The van der Waals surface area contributed by atoms with Gasteiger partial charge in [-0.1, -0.05) is 0 Å². The van der Waals surface area contributed by atoms with E-state index in [0.29, 0.717) is 6.04 Å². The number of hydrogen-bond donors (Lipinski definition) is 1. The monoisotopic (exact) mass is 290 g/mol. The number of likely N-dealkylation sites (tertiary alicyclic amines) is 1. The average Bonchev–Trinajstić information content (AvgIpc) is 2.98. The Bertz CT molecular complexity index is 465. The zero-order chi connectivity index (χ0) is 14.7. The van der Waals surface area contributed by atoms with E-state index in [-0.39, 0.29) is 0 Å². The Morgan fingerprint density at radius 2 is 2.10 bits per heavy atom. The van der Waals surface area contributed by atoms with Crippen LogP contribution in [-0.2, 0) is 4.74 Å². The van der Waals surface area contributed by atoms with Crippen LogP contribution in [0.15, 0.2) is 6.20 Å². The minimum atomic E-state index is 0.524. The van der Waals surface area contributed by atoms with Crippen LogP contribution in [0.1, 0.15) is 30.7 Å². The highest BCUT2D eigenvalue weighted by Crippen LogP contribution is 2.20. The molecule has 0 aliphatic carbocycles. The standard InChI is InChI=1S/C16H26N4O/c1-12-9-17-13(2)16(18-12)19-15-3-6-20(7-4-15)10-14-5-8-21-11-14/h9,14-15H,3-8,10-11H2,1-2H3,(H,18,19). The van der Waals surface area contributed by atoms with E-state index >= 15 is 0 Å². The van der Waals surface area contributed by atoms with Gasteiger partial charge in [0.15, 0.2) is 0 Å². The first kappa shape index (κ1) is 14.7. The first-order valence-electron chi connectivity index (χ1n) is 8.07. The lowest BCUT2D eigenvalue weighted by atomic mass is 10.0. The number of aromatic nitrogens is 2. The zero-order valence-corrected chi connectivity index (χ0v) is 13.1. The fourth-order valence-corrected chi connectivity index (χ4v) is 3.22. The van der Waals surface area contributed by atoms with Crippen molar-refractivity contribution in [3.63, 3.8) is 0 Å². The van der Waals surface area contributed by atoms with Crippen LogP contribution in [0, 0.1) is 19.8 Å². The molecule has 0 bridgehead atoms. The van der Waals surface area contributed by atoms with Crippen LogP contribution in [0.3, 0.4) is 0 Å². The second-order valence-corrected chi connectivity index (χ2v) is 6.39. The van der Waals surface area contributed by atoms with Crippen molar-refractivity contribution in [1.29, 1.82) is 0 Å². The van der Waals surface area contributed by atoms with E-state index in [1.165, 1.54) is 38.9 Å². The highest BCUT2D eigenvalue weighted by molar-refractivity contribution is 5.40. The molecule has 1 atom stereocenters. The summed E-state index contributed by atoms with van der Waals surface area (Å²) in [4.78, 5) is 11.5. The number of nitrogens with one attached hydrogen (secondary N) is 1. The molecule has 5 nitrogen and oxygen atoms in total. The topological polar surface area (TPSA) is 50.3 Å². The Balaban J connectivity index is 1.48. The first-order valence-corrected chi connectivity index (χ1v) is 8.07. The van der Waals surface area contributed by atoms with E-state index in [0.717, 1.165) is 36.3 Å². The zero-order valence-electron chi connectivity index (χ0n) is 13.1. The van der Waals surface area contributed by atoms with Gasteiger partial charge < -0.3 is 15.0 Å². The second kappa shape index (κ2) is 6.71. The van der Waals surface area contributed by atoms with Crippen LogP contribution in [0.4, 0.5) is 5.82 Å². The second-order valence-electron chi connectivity index (χ2n) is 6.39. The largest absolute Gasteiger partial charge is 0.381 e. The van der Waals surface area contributed by atoms with Gasteiger partial charge in [-0.15, -0.1) is 0 Å². The number of piperidine rings is 1. The summed E-state index contributed by atoms with van der Waals surface area (Å²) >= 11 is 0. The van der Waals surface area contributed by atoms with Gasteiger partial charge in [-0.05, 0) is 39.0 Å². The Morgan fingerprint density at radius 3 is 2.81 bits per heavy atom. The van der Waals surface area contributed by atoms with Crippen molar-refractivity contribution in [3.8, 4) is 0 Å². The molecule has 1 unspecified atom stereocenters. The molecule has 0 saturated carbocycles. The van der Waals surface area contributed by atoms with Gasteiger partial charge in [0.2, 0.25) is 0 Å². The van der Waals surface area contributed by atoms with Gasteiger partial charge >= 0.3 is 0 Å². The van der Waals surface area contributed by atoms with Crippen LogP contribution < -0.4 is 5.32 Å². The first-order chi connectivity index (χ1) is 10.2. The van der Waals surface area contributed by atoms with Gasteiger partial charge in [0, 0.05) is 38.5 Å². The van der Waals surface area contributed by atoms with Crippen LogP contribution in [0.25, 0.3) is 0 Å². The molecule has 21 heavy (non-hydrogen) atoms. The Hall–Kier alpha value is -1.20. The van der Waals surface area contributed by atoms with Crippen molar-refractivity contribution >= 4 is 5.82 Å². The molecule has 5 heteroatoms. The van der Waals surface area contributed by atoms with Gasteiger partial charge in [-0.25, -0.2) is 4.98 Å². The van der Waals surface area contributed by atoms with Crippen molar-refractivity contribution in [2.45, 2.75) is 39.2 Å². The van der Waals surface area contributed by atoms with Crippen LogP contribution in [-0.4, -0.2) is 53.8 Å². The number of aryl methyl sites for hydroxylation is 2. The van der Waals surface area contributed by atoms with Gasteiger partial charge in [0.25, 0.3) is 0 Å². The minimum absolute atomic E-state index is 0.524. The van der Waals surface area contributed by atoms with Crippen molar-refractivity contribution < 1.29 is 4.74 Å². The number of nitrogens with zero attached hydrogens (tertiary/aromatic N) is 3. The number of hydrogen-bond acceptors (Lipinski definition) is 5. The summed E-state index contributed by atoms with van der Waals surface area (Å²) in [6, 6.07) is 0.524. The van der Waals surface area contributed by atoms with Crippen molar-refractivity contribution in [1.82, 2.24) is 14.9 Å². The summed E-state index contributed by atoms with van der Waals surface area (Å²) in [5.41, 5.74) is 1.97. The number of ether oxygens (including phenoxy) is 1. The SMILES string of the molecule is Cc1cnc(C)c(NC2CCN(CC3CCOC3)CC2)n1. The van der Waals surface area contributed by atoms with E-state index in [1.54, 1.807) is 0 Å². The summed E-state index contributed by atoms with van der Waals surface area (Å²) in [5.74, 6) is 1.71. The van der Waals surface area contributed by atoms with Gasteiger partial charge in [0.05, 0.1) is 18.0 Å². The smallest absolute Gasteiger partial charge is 0.147 e. The lowest BCUT2D eigenvalue weighted by Gasteiger charge is -2.34. The molecular weight excluding hydrogens is 264 g/mol. The molecule has 0 aromatic carbocycles. The predicted molar refractivity (Wildman–Crippen MR) is 83.5 cm³/mol. The van der Waals surface area contributed by atoms with Crippen LogP contribution >= 0.6 is 0 Å².